The standard InChI is InChI=1S/C25H26Cl3N3O/c1-25(28)10-8-19(9-11-25)24(32)29-22-4-2-3-5-23(22)31-14-12-30(13-15-31)17-18-6-7-20(26)21(27)16-18/h2-10,16H,11-15,17H2,1H3,(H,29,32). The third kappa shape index (κ3) is 5.68. The minimum absolute atomic E-state index is 0.112. The molecule has 0 bridgehead atoms. The smallest absolute Gasteiger partial charge is 0.255 e. The summed E-state index contributed by atoms with van der Waals surface area (Å²) in [5, 5.41) is 4.25. The Morgan fingerprint density at radius 3 is 2.50 bits per heavy atom. The van der Waals surface area contributed by atoms with E-state index in [4.69, 9.17) is 34.8 Å². The molecule has 1 unspecified atom stereocenters. The fourth-order valence-corrected chi connectivity index (χ4v) is 4.43. The number of nitrogens with one attached hydrogen (secondary N) is 1. The number of anilines is 2. The lowest BCUT2D eigenvalue weighted by Crippen LogP contribution is -2.46. The number of allylic oxidation sites excluding steroid dienone is 2. The summed E-state index contributed by atoms with van der Waals surface area (Å²) in [4.78, 5) is 17.1. The Labute approximate surface area is 204 Å². The van der Waals surface area contributed by atoms with Crippen LogP contribution in [0, 0.1) is 0 Å². The Kier molecular flexibility index (Phi) is 7.16. The number of nitrogens with zero attached hydrogens (tertiary/aromatic N) is 2. The highest BCUT2D eigenvalue weighted by Crippen LogP contribution is 2.30. The highest BCUT2D eigenvalue weighted by Gasteiger charge is 2.23. The van der Waals surface area contributed by atoms with Crippen molar-refractivity contribution in [2.45, 2.75) is 24.8 Å². The summed E-state index contributed by atoms with van der Waals surface area (Å²) in [6.07, 6.45) is 6.21. The minimum Gasteiger partial charge on any atom is -0.367 e. The number of benzene rings is 2. The normalized spacial score (nSPS) is 21.4. The van der Waals surface area contributed by atoms with Gasteiger partial charge in [0.05, 0.1) is 26.3 Å². The van der Waals surface area contributed by atoms with Gasteiger partial charge in [-0.05, 0) is 43.2 Å². The molecule has 1 heterocycles. The Balaban J connectivity index is 1.38. The van der Waals surface area contributed by atoms with Crippen molar-refractivity contribution < 1.29 is 4.79 Å². The fourth-order valence-electron chi connectivity index (χ4n) is 3.97. The van der Waals surface area contributed by atoms with Crippen LogP contribution in [0.25, 0.3) is 0 Å². The van der Waals surface area contributed by atoms with Crippen LogP contribution in [0.15, 0.2) is 66.3 Å². The molecular formula is C25H26Cl3N3O. The third-order valence-electron chi connectivity index (χ3n) is 5.85. The third-order valence-corrected chi connectivity index (χ3v) is 6.87. The quantitative estimate of drug-likeness (QED) is 0.512. The molecule has 1 saturated heterocycles. The molecule has 2 aliphatic rings. The summed E-state index contributed by atoms with van der Waals surface area (Å²) in [6.45, 7) is 6.37. The summed E-state index contributed by atoms with van der Waals surface area (Å²) in [7, 11) is 0. The van der Waals surface area contributed by atoms with E-state index >= 15 is 0 Å². The predicted octanol–water partition coefficient (Wildman–Crippen LogP) is 6.14. The van der Waals surface area contributed by atoms with E-state index in [0.717, 1.165) is 49.7 Å². The van der Waals surface area contributed by atoms with Gasteiger partial charge in [0.1, 0.15) is 0 Å². The molecule has 0 radical (unpaired) electrons. The number of amides is 1. The van der Waals surface area contributed by atoms with Gasteiger partial charge in [-0.2, -0.15) is 0 Å². The second-order valence-electron chi connectivity index (χ2n) is 8.46. The molecular weight excluding hydrogens is 465 g/mol. The highest BCUT2D eigenvalue weighted by molar-refractivity contribution is 6.42. The first-order valence-electron chi connectivity index (χ1n) is 10.7. The molecule has 0 saturated carbocycles. The van der Waals surface area contributed by atoms with Crippen LogP contribution >= 0.6 is 34.8 Å². The van der Waals surface area contributed by atoms with Crippen LogP contribution in [0.5, 0.6) is 0 Å². The van der Waals surface area contributed by atoms with E-state index in [2.05, 4.69) is 21.2 Å². The van der Waals surface area contributed by atoms with Gasteiger partial charge in [-0.3, -0.25) is 9.69 Å². The lowest BCUT2D eigenvalue weighted by molar-refractivity contribution is -0.112. The maximum absolute atomic E-state index is 12.8. The molecule has 1 atom stereocenters. The van der Waals surface area contributed by atoms with Crippen LogP contribution in [0.3, 0.4) is 0 Å². The van der Waals surface area contributed by atoms with E-state index < -0.39 is 4.87 Å². The molecule has 2 aromatic rings. The molecule has 1 fully saturated rings. The van der Waals surface area contributed by atoms with E-state index in [0.29, 0.717) is 22.0 Å². The van der Waals surface area contributed by atoms with Crippen LogP contribution in [-0.2, 0) is 11.3 Å². The molecule has 1 N–H and O–H groups in total. The molecule has 4 rings (SSSR count). The molecule has 1 aliphatic heterocycles. The lowest BCUT2D eigenvalue weighted by atomic mass is 9.97. The van der Waals surface area contributed by atoms with E-state index in [1.807, 2.05) is 55.5 Å². The Morgan fingerprint density at radius 1 is 1.06 bits per heavy atom. The van der Waals surface area contributed by atoms with Crippen molar-refractivity contribution in [3.8, 4) is 0 Å². The average Bonchev–Trinajstić information content (AvgIpc) is 2.77. The Bertz CT molecular complexity index is 1060. The van der Waals surface area contributed by atoms with Gasteiger partial charge in [-0.25, -0.2) is 0 Å². The van der Waals surface area contributed by atoms with Crippen LogP contribution < -0.4 is 10.2 Å². The lowest BCUT2D eigenvalue weighted by Gasteiger charge is -2.37. The number of carbonyl (C=O) groups is 1. The summed E-state index contributed by atoms with van der Waals surface area (Å²) >= 11 is 18.5. The molecule has 1 amide bonds. The molecule has 0 aromatic heterocycles. The van der Waals surface area contributed by atoms with Crippen LogP contribution in [-0.4, -0.2) is 41.9 Å². The molecule has 1 aliphatic carbocycles. The van der Waals surface area contributed by atoms with Crippen molar-refractivity contribution >= 4 is 52.1 Å². The van der Waals surface area contributed by atoms with E-state index in [1.54, 1.807) is 6.08 Å². The maximum atomic E-state index is 12.8. The summed E-state index contributed by atoms with van der Waals surface area (Å²) in [5.41, 5.74) is 3.66. The molecule has 2 aromatic carbocycles. The van der Waals surface area contributed by atoms with Crippen molar-refractivity contribution in [2.75, 3.05) is 36.4 Å². The first-order valence-corrected chi connectivity index (χ1v) is 11.8. The van der Waals surface area contributed by atoms with Crippen molar-refractivity contribution in [3.05, 3.63) is 81.9 Å². The second-order valence-corrected chi connectivity index (χ2v) is 10.1. The van der Waals surface area contributed by atoms with Gasteiger partial charge in [-0.1, -0.05) is 59.6 Å². The van der Waals surface area contributed by atoms with Crippen molar-refractivity contribution in [3.63, 3.8) is 0 Å². The van der Waals surface area contributed by atoms with Gasteiger partial charge in [0, 0.05) is 38.3 Å². The fraction of sp³-hybridized carbons (Fsp3) is 0.320. The van der Waals surface area contributed by atoms with E-state index in [-0.39, 0.29) is 5.91 Å². The first kappa shape index (κ1) is 23.2. The van der Waals surface area contributed by atoms with Crippen LogP contribution in [0.4, 0.5) is 11.4 Å². The summed E-state index contributed by atoms with van der Waals surface area (Å²) in [5.74, 6) is -0.112. The zero-order valence-electron chi connectivity index (χ0n) is 18.0. The zero-order chi connectivity index (χ0) is 22.7. The topological polar surface area (TPSA) is 35.6 Å². The minimum atomic E-state index is -0.418. The monoisotopic (exact) mass is 489 g/mol. The Hall–Kier alpha value is -1.98. The van der Waals surface area contributed by atoms with Crippen LogP contribution in [0.1, 0.15) is 18.9 Å². The van der Waals surface area contributed by atoms with Crippen molar-refractivity contribution in [2.24, 2.45) is 0 Å². The number of hydrogen-bond donors (Lipinski definition) is 1. The Morgan fingerprint density at radius 2 is 1.81 bits per heavy atom. The van der Waals surface area contributed by atoms with Crippen LogP contribution in [0.2, 0.25) is 10.0 Å². The van der Waals surface area contributed by atoms with Gasteiger partial charge in [0.2, 0.25) is 0 Å². The molecule has 32 heavy (non-hydrogen) atoms. The summed E-state index contributed by atoms with van der Waals surface area (Å²) in [6, 6.07) is 13.8. The predicted molar refractivity (Wildman–Crippen MR) is 135 cm³/mol. The van der Waals surface area contributed by atoms with Gasteiger partial charge >= 0.3 is 0 Å². The maximum Gasteiger partial charge on any atom is 0.255 e. The zero-order valence-corrected chi connectivity index (χ0v) is 20.2. The number of hydrogen-bond acceptors (Lipinski definition) is 3. The van der Waals surface area contributed by atoms with Crippen molar-refractivity contribution in [1.29, 1.82) is 0 Å². The number of piperazine rings is 1. The van der Waals surface area contributed by atoms with Gasteiger partial charge in [-0.15, -0.1) is 11.6 Å². The molecule has 4 nitrogen and oxygen atoms in total. The second kappa shape index (κ2) is 9.88. The van der Waals surface area contributed by atoms with E-state index in [1.165, 1.54) is 0 Å². The SMILES string of the molecule is CC1(Cl)C=CC(C(=O)Nc2ccccc2N2CCN(Cc3ccc(Cl)c(Cl)c3)CC2)=CC1. The highest BCUT2D eigenvalue weighted by atomic mass is 35.5. The molecule has 7 heteroatoms. The van der Waals surface area contributed by atoms with Gasteiger partial charge < -0.3 is 10.2 Å². The van der Waals surface area contributed by atoms with E-state index in [9.17, 15) is 4.79 Å². The van der Waals surface area contributed by atoms with Gasteiger partial charge in [0.25, 0.3) is 5.91 Å². The summed E-state index contributed by atoms with van der Waals surface area (Å²) < 4.78 is 0. The molecule has 0 spiro atoms. The number of alkyl halides is 1. The average molecular weight is 491 g/mol. The first-order chi connectivity index (χ1) is 15.3. The van der Waals surface area contributed by atoms with Gasteiger partial charge in [0.15, 0.2) is 0 Å². The largest absolute Gasteiger partial charge is 0.367 e. The number of halogens is 3. The number of carbonyl (C=O) groups excluding carboxylic acids is 1. The number of rotatable bonds is 5. The molecule has 168 valence electrons. The van der Waals surface area contributed by atoms with Crippen molar-refractivity contribution in [1.82, 2.24) is 4.90 Å². The number of para-hydroxylation sites is 2.